The van der Waals surface area contributed by atoms with E-state index in [2.05, 4.69) is 26.5 Å². The van der Waals surface area contributed by atoms with Crippen LogP contribution < -0.4 is 20.0 Å². The van der Waals surface area contributed by atoms with Crippen molar-refractivity contribution >= 4 is 34.0 Å². The van der Waals surface area contributed by atoms with Crippen LogP contribution in [-0.2, 0) is 9.59 Å². The number of carbonyl (C=O) groups excluding carboxylic acids is 2. The second-order valence-corrected chi connectivity index (χ2v) is 6.56. The van der Waals surface area contributed by atoms with Crippen LogP contribution in [0.3, 0.4) is 0 Å². The summed E-state index contributed by atoms with van der Waals surface area (Å²) in [5.74, 6) is -0.790. The van der Waals surface area contributed by atoms with Gasteiger partial charge < -0.3 is 19.4 Å². The first-order chi connectivity index (χ1) is 12.9. The van der Waals surface area contributed by atoms with Gasteiger partial charge in [0, 0.05) is 10.0 Å². The molecule has 0 unspecified atom stereocenters. The van der Waals surface area contributed by atoms with E-state index in [1.165, 1.54) is 6.21 Å². The van der Waals surface area contributed by atoms with Crippen LogP contribution in [0.25, 0.3) is 0 Å². The average molecular weight is 434 g/mol. The lowest BCUT2D eigenvalue weighted by Gasteiger charge is -2.12. The first-order valence-corrected chi connectivity index (χ1v) is 8.79. The summed E-state index contributed by atoms with van der Waals surface area (Å²) < 4.78 is 11.6. The Morgan fingerprint density at radius 2 is 1.81 bits per heavy atom. The van der Waals surface area contributed by atoms with Crippen molar-refractivity contribution in [3.05, 3.63) is 57.6 Å². The van der Waals surface area contributed by atoms with Gasteiger partial charge in [0.1, 0.15) is 18.1 Å². The fraction of sp³-hybridized carbons (Fsp3) is 0.211. The van der Waals surface area contributed by atoms with Crippen LogP contribution >= 0.6 is 15.9 Å². The number of carbonyl (C=O) groups is 2. The molecular weight excluding hydrogens is 416 g/mol. The highest BCUT2D eigenvalue weighted by Crippen LogP contribution is 2.27. The molecule has 1 N–H and O–H groups in total. The van der Waals surface area contributed by atoms with Crippen molar-refractivity contribution in [2.75, 3.05) is 13.2 Å². The number of carboxylic acids is 1. The smallest absolute Gasteiger partial charge is 0.277 e. The van der Waals surface area contributed by atoms with Crippen molar-refractivity contribution in [3.8, 4) is 11.5 Å². The lowest BCUT2D eigenvalue weighted by molar-refractivity contribution is -0.307. The molecule has 2 aromatic carbocycles. The molecule has 0 saturated heterocycles. The van der Waals surface area contributed by atoms with Crippen LogP contribution in [0.15, 0.2) is 46.0 Å². The maximum Gasteiger partial charge on any atom is 0.277 e. The number of hydrogen-bond acceptors (Lipinski definition) is 6. The predicted octanol–water partition coefficient (Wildman–Crippen LogP) is 1.72. The largest absolute Gasteiger partial charge is 0.546 e. The molecule has 0 aromatic heterocycles. The molecule has 7 nitrogen and oxygen atoms in total. The number of rotatable bonds is 8. The summed E-state index contributed by atoms with van der Waals surface area (Å²) in [5.41, 5.74) is 4.70. The van der Waals surface area contributed by atoms with Gasteiger partial charge in [-0.2, -0.15) is 5.10 Å². The molecule has 8 heteroatoms. The number of aliphatic carboxylic acids is 1. The number of amides is 1. The summed E-state index contributed by atoms with van der Waals surface area (Å²) in [5, 5.41) is 14.3. The second-order valence-electron chi connectivity index (χ2n) is 5.65. The molecule has 142 valence electrons. The summed E-state index contributed by atoms with van der Waals surface area (Å²) in [4.78, 5) is 22.4. The van der Waals surface area contributed by atoms with E-state index in [1.54, 1.807) is 24.3 Å². The lowest BCUT2D eigenvalue weighted by Crippen LogP contribution is -2.29. The molecule has 0 saturated carbocycles. The Balaban J connectivity index is 1.92. The van der Waals surface area contributed by atoms with Crippen molar-refractivity contribution in [2.24, 2.45) is 5.10 Å². The second kappa shape index (κ2) is 9.72. The number of ether oxygens (including phenoxy) is 2. The highest BCUT2D eigenvalue weighted by atomic mass is 79.9. The maximum atomic E-state index is 11.9. The van der Waals surface area contributed by atoms with E-state index in [9.17, 15) is 14.7 Å². The Morgan fingerprint density at radius 1 is 1.15 bits per heavy atom. The van der Waals surface area contributed by atoms with E-state index in [-0.39, 0.29) is 6.61 Å². The normalized spacial score (nSPS) is 10.6. The number of hydrazone groups is 1. The van der Waals surface area contributed by atoms with Gasteiger partial charge in [0.2, 0.25) is 0 Å². The fourth-order valence-corrected chi connectivity index (χ4v) is 3.01. The summed E-state index contributed by atoms with van der Waals surface area (Å²) in [6.07, 6.45) is 1.36. The Bertz CT molecular complexity index is 844. The number of nitrogens with zero attached hydrogens (tertiary/aromatic N) is 1. The highest BCUT2D eigenvalue weighted by molar-refractivity contribution is 9.10. The van der Waals surface area contributed by atoms with Gasteiger partial charge in [0.25, 0.3) is 5.91 Å². The third kappa shape index (κ3) is 6.41. The van der Waals surface area contributed by atoms with Gasteiger partial charge in [0.05, 0.1) is 12.2 Å². The zero-order valence-corrected chi connectivity index (χ0v) is 16.4. The Labute approximate surface area is 165 Å². The molecule has 27 heavy (non-hydrogen) atoms. The van der Waals surface area contributed by atoms with E-state index in [0.717, 1.165) is 15.6 Å². The molecule has 1 amide bonds. The number of para-hydroxylation sites is 1. The summed E-state index contributed by atoms with van der Waals surface area (Å²) in [6.45, 7) is 3.03. The summed E-state index contributed by atoms with van der Waals surface area (Å²) >= 11 is 3.41. The van der Waals surface area contributed by atoms with Crippen molar-refractivity contribution in [1.82, 2.24) is 5.43 Å². The van der Waals surface area contributed by atoms with Crippen molar-refractivity contribution in [3.63, 3.8) is 0 Å². The van der Waals surface area contributed by atoms with Gasteiger partial charge >= 0.3 is 0 Å². The molecule has 0 spiro atoms. The molecule has 0 fully saturated rings. The molecule has 2 rings (SSSR count). The molecule has 0 aliphatic rings. The van der Waals surface area contributed by atoms with Crippen LogP contribution in [0.5, 0.6) is 11.5 Å². The highest BCUT2D eigenvalue weighted by Gasteiger charge is 2.08. The number of benzene rings is 2. The molecular formula is C19H18BrN2O5-. The van der Waals surface area contributed by atoms with Crippen molar-refractivity contribution < 1.29 is 24.2 Å². The number of halogens is 1. The summed E-state index contributed by atoms with van der Waals surface area (Å²) in [7, 11) is 0. The zero-order valence-electron chi connectivity index (χ0n) is 14.8. The van der Waals surface area contributed by atoms with Crippen molar-refractivity contribution in [2.45, 2.75) is 13.8 Å². The number of aryl methyl sites for hydroxylation is 2. The lowest BCUT2D eigenvalue weighted by atomic mass is 10.1. The molecule has 0 aliphatic carbocycles. The molecule has 0 atom stereocenters. The molecule has 0 radical (unpaired) electrons. The third-order valence-corrected chi connectivity index (χ3v) is 3.89. The fourth-order valence-electron chi connectivity index (χ4n) is 2.32. The maximum absolute atomic E-state index is 11.9. The van der Waals surface area contributed by atoms with Crippen LogP contribution in [-0.4, -0.2) is 31.3 Å². The van der Waals surface area contributed by atoms with Gasteiger partial charge in [0.15, 0.2) is 6.61 Å². The van der Waals surface area contributed by atoms with Crippen LogP contribution in [0.4, 0.5) is 0 Å². The summed E-state index contributed by atoms with van der Waals surface area (Å²) in [6, 6.07) is 10.5. The van der Waals surface area contributed by atoms with Gasteiger partial charge in [-0.05, 0) is 49.2 Å². The first-order valence-electron chi connectivity index (χ1n) is 8.00. The SMILES string of the molecule is Cc1cc(Br)cc(C)c1OCC(=O)N/N=C\c1ccccc1OCC(=O)[O-]. The minimum atomic E-state index is -1.33. The average Bonchev–Trinajstić information content (AvgIpc) is 2.60. The Hall–Kier alpha value is -2.87. The van der Waals surface area contributed by atoms with Crippen LogP contribution in [0.1, 0.15) is 16.7 Å². The molecule has 2 aromatic rings. The van der Waals surface area contributed by atoms with Gasteiger partial charge in [-0.1, -0.05) is 28.1 Å². The third-order valence-electron chi connectivity index (χ3n) is 3.43. The Kier molecular flexibility index (Phi) is 7.36. The van der Waals surface area contributed by atoms with E-state index in [1.807, 2.05) is 26.0 Å². The quantitative estimate of drug-likeness (QED) is 0.504. The molecule has 0 aliphatic heterocycles. The minimum absolute atomic E-state index is 0.191. The van der Waals surface area contributed by atoms with Gasteiger partial charge in [-0.3, -0.25) is 4.79 Å². The molecule has 0 bridgehead atoms. The van der Waals surface area contributed by atoms with E-state index in [4.69, 9.17) is 9.47 Å². The van der Waals surface area contributed by atoms with Crippen LogP contribution in [0, 0.1) is 13.8 Å². The first kappa shape index (κ1) is 20.4. The van der Waals surface area contributed by atoms with Gasteiger partial charge in [-0.25, -0.2) is 5.43 Å². The number of nitrogens with one attached hydrogen (secondary N) is 1. The monoisotopic (exact) mass is 433 g/mol. The van der Waals surface area contributed by atoms with E-state index in [0.29, 0.717) is 17.1 Å². The van der Waals surface area contributed by atoms with Crippen molar-refractivity contribution in [1.29, 1.82) is 0 Å². The molecule has 0 heterocycles. The van der Waals surface area contributed by atoms with E-state index < -0.39 is 18.5 Å². The van der Waals surface area contributed by atoms with Gasteiger partial charge in [-0.15, -0.1) is 0 Å². The minimum Gasteiger partial charge on any atom is -0.546 e. The standard InChI is InChI=1S/C19H19BrN2O5/c1-12-7-15(20)8-13(2)19(12)27-10-17(23)22-21-9-14-5-3-4-6-16(14)26-11-18(24)25/h3-9H,10-11H2,1-2H3,(H,22,23)(H,24,25)/p-1/b21-9-. The number of hydrogen-bond donors (Lipinski definition) is 1. The predicted molar refractivity (Wildman–Crippen MR) is 102 cm³/mol. The number of carboxylic acid groups (broad SMARTS) is 1. The Morgan fingerprint density at radius 3 is 2.48 bits per heavy atom. The van der Waals surface area contributed by atoms with E-state index >= 15 is 0 Å². The zero-order chi connectivity index (χ0) is 19.8. The van der Waals surface area contributed by atoms with Crippen LogP contribution in [0.2, 0.25) is 0 Å². The topological polar surface area (TPSA) is 100 Å².